The fourth-order valence-electron chi connectivity index (χ4n) is 1.61. The summed E-state index contributed by atoms with van der Waals surface area (Å²) in [4.78, 5) is 32.8. The maximum Gasteiger partial charge on any atom is 0.328 e. The molecule has 114 valence electrons. The summed E-state index contributed by atoms with van der Waals surface area (Å²) in [6.07, 6.45) is 5.88. The van der Waals surface area contributed by atoms with Gasteiger partial charge in [0.15, 0.2) is 0 Å². The lowest BCUT2D eigenvalue weighted by Gasteiger charge is -2.24. The van der Waals surface area contributed by atoms with Crippen molar-refractivity contribution < 1.29 is 19.5 Å². The van der Waals surface area contributed by atoms with Crippen LogP contribution in [0.25, 0.3) is 0 Å². The zero-order valence-electron chi connectivity index (χ0n) is 12.4. The van der Waals surface area contributed by atoms with Gasteiger partial charge in [-0.15, -0.1) is 0 Å². The number of carboxylic acids is 1. The number of hydrogen-bond donors (Lipinski definition) is 3. The van der Waals surface area contributed by atoms with Crippen LogP contribution in [0.1, 0.15) is 46.5 Å². The Morgan fingerprint density at radius 1 is 1.15 bits per heavy atom. The number of carboxylic acid groups (broad SMARTS) is 1. The molecule has 0 unspecified atom stereocenters. The predicted octanol–water partition coefficient (Wildman–Crippen LogP) is 2.06. The number of carbonyl (C=O) groups excluding carboxylic acids is 2. The first-order valence-electron chi connectivity index (χ1n) is 6.76. The lowest BCUT2D eigenvalue weighted by Crippen LogP contribution is -2.42. The summed E-state index contributed by atoms with van der Waals surface area (Å²) in [5.41, 5.74) is -0.0353. The maximum atomic E-state index is 11.5. The van der Waals surface area contributed by atoms with Gasteiger partial charge in [-0.05, 0) is 11.8 Å². The molecule has 0 saturated carbocycles. The topological polar surface area (TPSA) is 95.5 Å². The first kappa shape index (κ1) is 18.1. The van der Waals surface area contributed by atoms with E-state index in [-0.39, 0.29) is 5.41 Å². The molecule has 0 radical (unpaired) electrons. The Morgan fingerprint density at radius 2 is 1.80 bits per heavy atom. The molecule has 3 amide bonds. The van der Waals surface area contributed by atoms with Crippen molar-refractivity contribution >= 4 is 17.9 Å². The van der Waals surface area contributed by atoms with Crippen molar-refractivity contribution in [1.29, 1.82) is 0 Å². The van der Waals surface area contributed by atoms with E-state index in [1.807, 2.05) is 5.32 Å². The minimum atomic E-state index is -1.24. The Kier molecular flexibility index (Phi) is 8.27. The molecule has 6 nitrogen and oxygen atoms in total. The van der Waals surface area contributed by atoms with Crippen molar-refractivity contribution in [3.63, 3.8) is 0 Å². The molecule has 0 aliphatic heterocycles. The van der Waals surface area contributed by atoms with Gasteiger partial charge in [0.05, 0.1) is 0 Å². The second kappa shape index (κ2) is 9.12. The van der Waals surface area contributed by atoms with Crippen LogP contribution in [-0.4, -0.2) is 29.6 Å². The number of amides is 3. The van der Waals surface area contributed by atoms with Crippen molar-refractivity contribution in [1.82, 2.24) is 10.6 Å². The number of nitrogens with one attached hydrogen (secondary N) is 2. The second-order valence-electron chi connectivity index (χ2n) is 5.46. The molecule has 0 aromatic heterocycles. The Morgan fingerprint density at radius 3 is 2.35 bits per heavy atom. The average molecular weight is 284 g/mol. The molecule has 20 heavy (non-hydrogen) atoms. The van der Waals surface area contributed by atoms with Gasteiger partial charge in [0.25, 0.3) is 5.91 Å². The van der Waals surface area contributed by atoms with Crippen LogP contribution in [-0.2, 0) is 9.59 Å². The van der Waals surface area contributed by atoms with Crippen molar-refractivity contribution in [3.8, 4) is 0 Å². The highest BCUT2D eigenvalue weighted by Gasteiger charge is 2.18. The number of imide groups is 1. The lowest BCUT2D eigenvalue weighted by atomic mass is 9.87. The number of hydrogen-bond acceptors (Lipinski definition) is 3. The van der Waals surface area contributed by atoms with Crippen molar-refractivity contribution in [2.24, 2.45) is 5.41 Å². The van der Waals surface area contributed by atoms with Gasteiger partial charge >= 0.3 is 12.0 Å². The van der Waals surface area contributed by atoms with Gasteiger partial charge in [0.2, 0.25) is 0 Å². The summed E-state index contributed by atoms with van der Waals surface area (Å²) in [6.45, 7) is 6.69. The second-order valence-corrected chi connectivity index (χ2v) is 5.46. The predicted molar refractivity (Wildman–Crippen MR) is 76.2 cm³/mol. The van der Waals surface area contributed by atoms with Crippen LogP contribution in [0.3, 0.4) is 0 Å². The molecule has 0 heterocycles. The molecule has 0 aliphatic carbocycles. The number of carbonyl (C=O) groups is 3. The van der Waals surface area contributed by atoms with Gasteiger partial charge in [-0.2, -0.15) is 0 Å². The summed E-state index contributed by atoms with van der Waals surface area (Å²) in [6, 6.07) is -0.617. The first-order valence-corrected chi connectivity index (χ1v) is 6.76. The first-order chi connectivity index (χ1) is 9.26. The minimum Gasteiger partial charge on any atom is -0.478 e. The summed E-state index contributed by atoms with van der Waals surface area (Å²) in [7, 11) is 0. The molecule has 0 aromatic rings. The average Bonchev–Trinajstić information content (AvgIpc) is 2.34. The van der Waals surface area contributed by atoms with Crippen LogP contribution < -0.4 is 10.6 Å². The van der Waals surface area contributed by atoms with E-state index in [2.05, 4.69) is 26.1 Å². The lowest BCUT2D eigenvalue weighted by molar-refractivity contribution is -0.131. The van der Waals surface area contributed by atoms with Gasteiger partial charge in [-0.1, -0.05) is 40.0 Å². The normalized spacial score (nSPS) is 11.3. The van der Waals surface area contributed by atoms with E-state index in [0.29, 0.717) is 12.6 Å². The molecule has 6 heteroatoms. The van der Waals surface area contributed by atoms with E-state index in [1.165, 1.54) is 0 Å². The van der Waals surface area contributed by atoms with E-state index in [0.717, 1.165) is 31.8 Å². The Hall–Kier alpha value is -1.85. The Labute approximate surface area is 119 Å². The van der Waals surface area contributed by atoms with Crippen LogP contribution in [0, 0.1) is 5.41 Å². The molecular weight excluding hydrogens is 260 g/mol. The van der Waals surface area contributed by atoms with Gasteiger partial charge < -0.3 is 10.4 Å². The smallest absolute Gasteiger partial charge is 0.328 e. The van der Waals surface area contributed by atoms with E-state index < -0.39 is 17.9 Å². The Balaban J connectivity index is 4.03. The van der Waals surface area contributed by atoms with E-state index in [4.69, 9.17) is 5.11 Å². The highest BCUT2D eigenvalue weighted by Crippen LogP contribution is 2.22. The van der Waals surface area contributed by atoms with E-state index in [1.54, 1.807) is 0 Å². The number of rotatable bonds is 8. The molecule has 0 saturated heterocycles. The molecule has 0 bridgehead atoms. The zero-order valence-corrected chi connectivity index (χ0v) is 12.4. The molecule has 0 aliphatic rings. The summed E-state index contributed by atoms with van der Waals surface area (Å²) >= 11 is 0. The van der Waals surface area contributed by atoms with Crippen LogP contribution >= 0.6 is 0 Å². The molecule has 0 aromatic carbocycles. The van der Waals surface area contributed by atoms with Gasteiger partial charge in [-0.25, -0.2) is 9.59 Å². The van der Waals surface area contributed by atoms with Crippen LogP contribution in [0.2, 0.25) is 0 Å². The Bertz CT molecular complexity index is 375. The molecule has 3 N–H and O–H groups in total. The van der Waals surface area contributed by atoms with Gasteiger partial charge in [-0.3, -0.25) is 10.1 Å². The monoisotopic (exact) mass is 284 g/mol. The quantitative estimate of drug-likeness (QED) is 0.469. The molecular formula is C14H24N2O4. The highest BCUT2D eigenvalue weighted by molar-refractivity contribution is 6.02. The maximum absolute atomic E-state index is 11.5. The summed E-state index contributed by atoms with van der Waals surface area (Å²) in [5.74, 6) is -1.99. The summed E-state index contributed by atoms with van der Waals surface area (Å²) < 4.78 is 0. The van der Waals surface area contributed by atoms with Gasteiger partial charge in [0.1, 0.15) is 0 Å². The molecule has 0 rings (SSSR count). The molecule has 0 spiro atoms. The standard InChI is InChI=1S/C14H24N2O4/c1-4-5-6-9-14(2,3)10-15-13(20)16-11(17)7-8-12(18)19/h7-8H,4-6,9-10H2,1-3H3,(H,18,19)(H2,15,16,17,20)/b8-7+. The fourth-order valence-corrected chi connectivity index (χ4v) is 1.61. The van der Waals surface area contributed by atoms with E-state index in [9.17, 15) is 14.4 Å². The third kappa shape index (κ3) is 10.1. The molecule has 0 fully saturated rings. The summed E-state index contributed by atoms with van der Waals surface area (Å²) in [5, 5.41) is 13.0. The van der Waals surface area contributed by atoms with Gasteiger partial charge in [0, 0.05) is 18.7 Å². The minimum absolute atomic E-state index is 0.0353. The number of aliphatic carboxylic acids is 1. The largest absolute Gasteiger partial charge is 0.478 e. The fraction of sp³-hybridized carbons (Fsp3) is 0.643. The van der Waals surface area contributed by atoms with Crippen LogP contribution in [0.15, 0.2) is 12.2 Å². The molecule has 0 atom stereocenters. The van der Waals surface area contributed by atoms with Crippen molar-refractivity contribution in [2.45, 2.75) is 46.5 Å². The number of urea groups is 1. The van der Waals surface area contributed by atoms with Crippen molar-refractivity contribution in [2.75, 3.05) is 6.54 Å². The number of unbranched alkanes of at least 4 members (excludes halogenated alkanes) is 2. The van der Waals surface area contributed by atoms with Crippen molar-refractivity contribution in [3.05, 3.63) is 12.2 Å². The van der Waals surface area contributed by atoms with Crippen LogP contribution in [0.4, 0.5) is 4.79 Å². The third-order valence-electron chi connectivity index (χ3n) is 2.80. The third-order valence-corrected chi connectivity index (χ3v) is 2.80. The highest BCUT2D eigenvalue weighted by atomic mass is 16.4. The zero-order chi connectivity index (χ0) is 15.6. The van der Waals surface area contributed by atoms with Crippen LogP contribution in [0.5, 0.6) is 0 Å². The SMILES string of the molecule is CCCCCC(C)(C)CNC(=O)NC(=O)/C=C/C(=O)O. The van der Waals surface area contributed by atoms with E-state index >= 15 is 0 Å².